The van der Waals surface area contributed by atoms with Crippen LogP contribution in [0.25, 0.3) is 0 Å². The average molecular weight is 179 g/mol. The van der Waals surface area contributed by atoms with E-state index in [0.29, 0.717) is 5.69 Å². The minimum Gasteiger partial charge on any atom is -0.423 e. The summed E-state index contributed by atoms with van der Waals surface area (Å²) in [6.07, 6.45) is 0. The van der Waals surface area contributed by atoms with Crippen molar-refractivity contribution in [2.75, 3.05) is 5.73 Å². The van der Waals surface area contributed by atoms with Gasteiger partial charge < -0.3 is 15.4 Å². The molecule has 0 bridgehead atoms. The number of rotatable bonds is 0. The van der Waals surface area contributed by atoms with Gasteiger partial charge in [0.1, 0.15) is 0 Å². The van der Waals surface area contributed by atoms with Crippen LogP contribution in [-0.4, -0.2) is 12.1 Å². The summed E-state index contributed by atoms with van der Waals surface area (Å²) in [6.45, 7) is 3.86. The van der Waals surface area contributed by atoms with E-state index >= 15 is 0 Å². The summed E-state index contributed by atoms with van der Waals surface area (Å²) < 4.78 is 5.37. The van der Waals surface area contributed by atoms with E-state index < -0.39 is 12.7 Å². The number of hydrogen-bond donors (Lipinski definition) is 2. The monoisotopic (exact) mass is 179 g/mol. The number of hydrogen-bond acceptors (Lipinski definition) is 3. The molecule has 0 unspecified atom stereocenters. The first-order valence-corrected chi connectivity index (χ1v) is 4.26. The second-order valence-electron chi connectivity index (χ2n) is 3.83. The van der Waals surface area contributed by atoms with Gasteiger partial charge in [0.05, 0.1) is 5.60 Å². The molecule has 70 valence electrons. The van der Waals surface area contributed by atoms with Gasteiger partial charge in [-0.3, -0.25) is 0 Å². The Hall–Kier alpha value is -0.995. The van der Waals surface area contributed by atoms with Crippen molar-refractivity contribution in [2.24, 2.45) is 0 Å². The van der Waals surface area contributed by atoms with Gasteiger partial charge in [0.15, 0.2) is 0 Å². The summed E-state index contributed by atoms with van der Waals surface area (Å²) >= 11 is 0. The van der Waals surface area contributed by atoms with Crippen molar-refractivity contribution in [3.63, 3.8) is 0 Å². The van der Waals surface area contributed by atoms with Gasteiger partial charge in [-0.05, 0) is 37.0 Å². The van der Waals surface area contributed by atoms with Crippen molar-refractivity contribution in [1.29, 1.82) is 0 Å². The molecule has 0 atom stereocenters. The van der Waals surface area contributed by atoms with E-state index in [2.05, 4.69) is 0 Å². The maximum atomic E-state index is 9.56. The summed E-state index contributed by atoms with van der Waals surface area (Å²) in [7, 11) is -0.839. The molecule has 0 aromatic heterocycles. The van der Waals surface area contributed by atoms with Gasteiger partial charge in [0.25, 0.3) is 0 Å². The Morgan fingerprint density at radius 1 is 1.54 bits per heavy atom. The molecule has 1 aliphatic heterocycles. The second kappa shape index (κ2) is 2.50. The molecule has 2 rings (SSSR count). The molecule has 1 heterocycles. The molecule has 0 radical (unpaired) electrons. The maximum Gasteiger partial charge on any atom is 0.492 e. The highest BCUT2D eigenvalue weighted by Gasteiger charge is 2.40. The zero-order chi connectivity index (χ0) is 9.64. The third-order valence-corrected chi connectivity index (χ3v) is 2.40. The van der Waals surface area contributed by atoms with Crippen molar-refractivity contribution >= 4 is 18.3 Å². The topological polar surface area (TPSA) is 55.5 Å². The molecule has 4 heteroatoms. The number of anilines is 1. The quantitative estimate of drug-likeness (QED) is 0.449. The fraction of sp³-hybridized carbons (Fsp3) is 0.333. The van der Waals surface area contributed by atoms with Crippen LogP contribution in [0.3, 0.4) is 0 Å². The molecular formula is C9H14BNO2. The van der Waals surface area contributed by atoms with Crippen LogP contribution in [0.15, 0.2) is 18.2 Å². The van der Waals surface area contributed by atoms with Crippen molar-refractivity contribution in [3.8, 4) is 0 Å². The highest BCUT2D eigenvalue weighted by molar-refractivity contribution is 6.62. The van der Waals surface area contributed by atoms with E-state index in [1.807, 2.05) is 26.0 Å². The van der Waals surface area contributed by atoms with Gasteiger partial charge in [0, 0.05) is 7.11 Å². The van der Waals surface area contributed by atoms with Crippen LogP contribution in [0.5, 0.6) is 0 Å². The molecule has 0 aliphatic carbocycles. The predicted molar refractivity (Wildman–Crippen MR) is 54.7 cm³/mol. The van der Waals surface area contributed by atoms with Crippen LogP contribution < -0.4 is 11.2 Å². The third kappa shape index (κ3) is 1.22. The predicted octanol–water partition coefficient (Wildman–Crippen LogP) is 0.468. The van der Waals surface area contributed by atoms with E-state index in [4.69, 9.17) is 10.4 Å². The lowest BCUT2D eigenvalue weighted by Gasteiger charge is -2.19. The van der Waals surface area contributed by atoms with E-state index in [0.717, 1.165) is 11.0 Å². The Morgan fingerprint density at radius 2 is 2.23 bits per heavy atom. The van der Waals surface area contributed by atoms with Gasteiger partial charge in [0.2, 0.25) is 0 Å². The van der Waals surface area contributed by atoms with Crippen LogP contribution in [0, 0.1) is 0 Å². The first-order valence-electron chi connectivity index (χ1n) is 4.26. The average Bonchev–Trinajstić information content (AvgIpc) is 2.22. The zero-order valence-electron chi connectivity index (χ0n) is 7.74. The summed E-state index contributed by atoms with van der Waals surface area (Å²) in [6, 6.07) is 5.48. The molecule has 0 saturated carbocycles. The summed E-state index contributed by atoms with van der Waals surface area (Å²) in [5, 5.41) is 9.56. The molecule has 1 aliphatic rings. The lowest BCUT2D eigenvalue weighted by molar-refractivity contribution is 0.101. The van der Waals surface area contributed by atoms with Crippen LogP contribution in [-0.2, 0) is 10.3 Å². The highest BCUT2D eigenvalue weighted by Crippen LogP contribution is 2.29. The van der Waals surface area contributed by atoms with Crippen LogP contribution in [0.2, 0.25) is 0 Å². The number of benzene rings is 1. The third-order valence-electron chi connectivity index (χ3n) is 2.40. The van der Waals surface area contributed by atoms with Crippen LogP contribution >= 0.6 is 0 Å². The van der Waals surface area contributed by atoms with Gasteiger partial charge in [-0.1, -0.05) is 6.07 Å². The molecule has 0 amide bonds. The van der Waals surface area contributed by atoms with E-state index in [-0.39, 0.29) is 1.43 Å². The van der Waals surface area contributed by atoms with E-state index in [1.54, 1.807) is 6.07 Å². The largest absolute Gasteiger partial charge is 0.492 e. The summed E-state index contributed by atoms with van der Waals surface area (Å²) in [5.74, 6) is 0. The van der Waals surface area contributed by atoms with Crippen molar-refractivity contribution in [1.82, 2.24) is 0 Å². The van der Waals surface area contributed by atoms with Crippen molar-refractivity contribution in [3.05, 3.63) is 23.8 Å². The molecule has 13 heavy (non-hydrogen) atoms. The van der Waals surface area contributed by atoms with Gasteiger partial charge in [-0.15, -0.1) is 0 Å². The zero-order valence-corrected chi connectivity index (χ0v) is 7.74. The molecule has 1 aromatic rings. The molecule has 0 spiro atoms. The fourth-order valence-corrected chi connectivity index (χ4v) is 1.74. The second-order valence-corrected chi connectivity index (χ2v) is 3.83. The Balaban J connectivity index is 0.000000980. The minimum atomic E-state index is -0.839. The summed E-state index contributed by atoms with van der Waals surface area (Å²) in [4.78, 5) is 0. The number of nitrogens with two attached hydrogens (primary N) is 1. The smallest absolute Gasteiger partial charge is 0.423 e. The first kappa shape index (κ1) is 8.60. The Morgan fingerprint density at radius 3 is 2.92 bits per heavy atom. The van der Waals surface area contributed by atoms with E-state index in [9.17, 15) is 5.02 Å². The highest BCUT2D eigenvalue weighted by atomic mass is 16.5. The minimum absolute atomic E-state index is 0. The molecule has 0 fully saturated rings. The van der Waals surface area contributed by atoms with Crippen molar-refractivity contribution in [2.45, 2.75) is 19.4 Å². The Labute approximate surface area is 79.1 Å². The lowest BCUT2D eigenvalue weighted by Crippen LogP contribution is -2.28. The Kier molecular flexibility index (Phi) is 1.65. The van der Waals surface area contributed by atoms with Gasteiger partial charge in [-0.25, -0.2) is 0 Å². The molecule has 3 N–H and O–H groups in total. The molecule has 0 saturated heterocycles. The summed E-state index contributed by atoms with van der Waals surface area (Å²) in [5.41, 5.74) is 7.64. The normalized spacial score (nSPS) is 18.8. The molecular weight excluding hydrogens is 165 g/mol. The molecule has 3 nitrogen and oxygen atoms in total. The SMILES string of the molecule is CC1(C)OB(O)c2cc(N)ccc21.[HH]. The van der Waals surface area contributed by atoms with Gasteiger partial charge in [-0.2, -0.15) is 0 Å². The standard InChI is InChI=1S/C9H12BNO2.H2/c1-9(2)7-4-3-6(11)5-8(7)10(12)13-9;/h3-5,12H,11H2,1-2H3;1H. The number of fused-ring (bicyclic) bond motifs is 1. The number of nitrogen functional groups attached to an aromatic ring is 1. The van der Waals surface area contributed by atoms with Crippen molar-refractivity contribution < 1.29 is 11.1 Å². The maximum absolute atomic E-state index is 9.56. The lowest BCUT2D eigenvalue weighted by atomic mass is 9.78. The van der Waals surface area contributed by atoms with E-state index in [1.165, 1.54) is 0 Å². The first-order chi connectivity index (χ1) is 6.00. The van der Waals surface area contributed by atoms with Crippen LogP contribution in [0.1, 0.15) is 20.8 Å². The van der Waals surface area contributed by atoms with Gasteiger partial charge >= 0.3 is 7.12 Å². The van der Waals surface area contributed by atoms with Crippen LogP contribution in [0.4, 0.5) is 5.69 Å². The molecule has 1 aromatic carbocycles. The Bertz CT molecular complexity index is 357. The fourth-order valence-electron chi connectivity index (χ4n) is 1.74.